The molecule has 0 aliphatic carbocycles. The number of ether oxygens (including phenoxy) is 1. The van der Waals surface area contributed by atoms with Crippen LogP contribution in [-0.2, 0) is 11.8 Å². The van der Waals surface area contributed by atoms with Crippen molar-refractivity contribution in [1.29, 1.82) is 0 Å². The third-order valence-corrected chi connectivity index (χ3v) is 4.00. The van der Waals surface area contributed by atoms with E-state index in [1.165, 1.54) is 0 Å². The number of aryl methyl sites for hydroxylation is 1. The Morgan fingerprint density at radius 1 is 1.32 bits per heavy atom. The number of hydrogen-bond acceptors (Lipinski definition) is 5. The van der Waals surface area contributed by atoms with Crippen LogP contribution in [0.15, 0.2) is 24.8 Å². The number of rotatable bonds is 3. The molecule has 1 aliphatic rings. The lowest BCUT2D eigenvalue weighted by atomic mass is 10.1. The summed E-state index contributed by atoms with van der Waals surface area (Å²) in [6, 6.07) is 0.257. The first-order chi connectivity index (χ1) is 10.7. The maximum Gasteiger partial charge on any atom is 0.175 e. The van der Waals surface area contributed by atoms with Crippen LogP contribution in [-0.4, -0.2) is 43.6 Å². The molecule has 0 saturated carbocycles. The monoisotopic (exact) mass is 318 g/mol. The van der Waals surface area contributed by atoms with Crippen molar-refractivity contribution < 1.29 is 4.74 Å². The van der Waals surface area contributed by atoms with E-state index in [0.717, 1.165) is 30.0 Å². The maximum atomic E-state index is 6.15. The number of fused-ring (bicyclic) bond motifs is 1. The summed E-state index contributed by atoms with van der Waals surface area (Å²) < 4.78 is 8.87. The van der Waals surface area contributed by atoms with Gasteiger partial charge in [-0.1, -0.05) is 11.6 Å². The van der Waals surface area contributed by atoms with E-state index in [-0.39, 0.29) is 6.04 Å². The summed E-state index contributed by atoms with van der Waals surface area (Å²) in [5.41, 5.74) is 2.55. The highest BCUT2D eigenvalue weighted by molar-refractivity contribution is 6.33. The third-order valence-electron chi connectivity index (χ3n) is 3.74. The second-order valence-electron chi connectivity index (χ2n) is 5.37. The van der Waals surface area contributed by atoms with Crippen LogP contribution >= 0.6 is 11.6 Å². The Morgan fingerprint density at radius 3 is 2.95 bits per heavy atom. The molecule has 0 aromatic carbocycles. The predicted molar refractivity (Wildman–Crippen MR) is 83.0 cm³/mol. The van der Waals surface area contributed by atoms with E-state index in [1.54, 1.807) is 15.4 Å². The molecule has 0 amide bonds. The van der Waals surface area contributed by atoms with E-state index >= 15 is 0 Å². The van der Waals surface area contributed by atoms with E-state index < -0.39 is 0 Å². The van der Waals surface area contributed by atoms with Crippen LogP contribution in [0, 0.1) is 0 Å². The molecule has 4 rings (SSSR count). The zero-order valence-electron chi connectivity index (χ0n) is 12.0. The first-order valence-electron chi connectivity index (χ1n) is 7.08. The summed E-state index contributed by atoms with van der Waals surface area (Å²) in [6.45, 7) is 1.46. The van der Waals surface area contributed by atoms with Gasteiger partial charge in [0.25, 0.3) is 0 Å². The van der Waals surface area contributed by atoms with Crippen molar-refractivity contribution in [2.24, 2.45) is 7.05 Å². The molecule has 0 bridgehead atoms. The second-order valence-corrected chi connectivity index (χ2v) is 5.78. The molecule has 4 heterocycles. The van der Waals surface area contributed by atoms with Gasteiger partial charge in [0.1, 0.15) is 10.8 Å². The van der Waals surface area contributed by atoms with Gasteiger partial charge in [0.15, 0.2) is 5.65 Å². The Kier molecular flexibility index (Phi) is 3.24. The molecule has 7 nitrogen and oxygen atoms in total. The molecular weight excluding hydrogens is 304 g/mol. The molecule has 1 fully saturated rings. The molecule has 0 spiro atoms. The minimum atomic E-state index is 0.257. The number of aromatic nitrogens is 5. The molecule has 3 aromatic rings. The third kappa shape index (κ3) is 2.32. The predicted octanol–water partition coefficient (Wildman–Crippen LogP) is 1.98. The van der Waals surface area contributed by atoms with Gasteiger partial charge in [0.05, 0.1) is 25.0 Å². The maximum absolute atomic E-state index is 6.15. The van der Waals surface area contributed by atoms with E-state index in [4.69, 9.17) is 16.3 Å². The smallest absolute Gasteiger partial charge is 0.175 e. The quantitative estimate of drug-likeness (QED) is 0.799. The van der Waals surface area contributed by atoms with Crippen LogP contribution in [0.5, 0.6) is 0 Å². The number of halogens is 1. The fraction of sp³-hybridized carbons (Fsp3) is 0.357. The van der Waals surface area contributed by atoms with Gasteiger partial charge in [-0.3, -0.25) is 4.68 Å². The molecule has 8 heteroatoms. The zero-order valence-corrected chi connectivity index (χ0v) is 12.8. The van der Waals surface area contributed by atoms with Crippen molar-refractivity contribution in [3.63, 3.8) is 0 Å². The summed E-state index contributed by atoms with van der Waals surface area (Å²) in [5.74, 6) is 0.776. The molecule has 0 unspecified atom stereocenters. The average Bonchev–Trinajstić information content (AvgIpc) is 3.22. The van der Waals surface area contributed by atoms with E-state index in [9.17, 15) is 0 Å². The van der Waals surface area contributed by atoms with Gasteiger partial charge < -0.3 is 10.1 Å². The van der Waals surface area contributed by atoms with Crippen LogP contribution in [0.1, 0.15) is 6.42 Å². The topological polar surface area (TPSA) is 69.3 Å². The van der Waals surface area contributed by atoms with Crippen molar-refractivity contribution in [3.05, 3.63) is 29.8 Å². The molecular formula is C14H15ClN6O. The lowest BCUT2D eigenvalue weighted by Gasteiger charge is -2.15. The van der Waals surface area contributed by atoms with Crippen molar-refractivity contribution in [2.75, 3.05) is 18.5 Å². The van der Waals surface area contributed by atoms with Gasteiger partial charge in [0.2, 0.25) is 0 Å². The summed E-state index contributed by atoms with van der Waals surface area (Å²) in [6.07, 6.45) is 8.24. The number of hydrogen-bond donors (Lipinski definition) is 1. The highest BCUT2D eigenvalue weighted by Crippen LogP contribution is 2.29. The molecule has 114 valence electrons. The van der Waals surface area contributed by atoms with E-state index in [0.29, 0.717) is 17.3 Å². The van der Waals surface area contributed by atoms with Crippen LogP contribution in [0.4, 0.5) is 5.82 Å². The van der Waals surface area contributed by atoms with Gasteiger partial charge in [-0.05, 0) is 6.42 Å². The molecule has 1 atom stereocenters. The van der Waals surface area contributed by atoms with Gasteiger partial charge >= 0.3 is 0 Å². The summed E-state index contributed by atoms with van der Waals surface area (Å²) in [4.78, 5) is 4.65. The SMILES string of the molecule is Cn1cc(-c2cn3ncc(Cl)c3nc2N[C@H]2CCOC2)cn1. The summed E-state index contributed by atoms with van der Waals surface area (Å²) in [5, 5.41) is 12.4. The van der Waals surface area contributed by atoms with Crippen molar-refractivity contribution in [2.45, 2.75) is 12.5 Å². The Morgan fingerprint density at radius 2 is 2.23 bits per heavy atom. The Bertz CT molecular complexity index is 820. The molecule has 3 aromatic heterocycles. The lowest BCUT2D eigenvalue weighted by molar-refractivity contribution is 0.195. The second kappa shape index (κ2) is 5.26. The minimum Gasteiger partial charge on any atom is -0.379 e. The van der Waals surface area contributed by atoms with Crippen LogP contribution in [0.3, 0.4) is 0 Å². The highest BCUT2D eigenvalue weighted by atomic mass is 35.5. The van der Waals surface area contributed by atoms with Crippen molar-refractivity contribution >= 4 is 23.1 Å². The number of nitrogens with zero attached hydrogens (tertiary/aromatic N) is 5. The highest BCUT2D eigenvalue weighted by Gasteiger charge is 2.20. The first-order valence-corrected chi connectivity index (χ1v) is 7.45. The van der Waals surface area contributed by atoms with Gasteiger partial charge in [0, 0.05) is 37.2 Å². The molecule has 1 N–H and O–H groups in total. The minimum absolute atomic E-state index is 0.257. The lowest BCUT2D eigenvalue weighted by Crippen LogP contribution is -2.20. The summed E-state index contributed by atoms with van der Waals surface area (Å²) >= 11 is 6.15. The van der Waals surface area contributed by atoms with E-state index in [1.807, 2.05) is 25.6 Å². The number of nitrogens with one attached hydrogen (secondary N) is 1. The fourth-order valence-electron chi connectivity index (χ4n) is 2.61. The summed E-state index contributed by atoms with van der Waals surface area (Å²) in [7, 11) is 1.89. The normalized spacial score (nSPS) is 18.2. The Balaban J connectivity index is 1.83. The molecule has 22 heavy (non-hydrogen) atoms. The number of anilines is 1. The van der Waals surface area contributed by atoms with Gasteiger partial charge in [-0.25, -0.2) is 9.50 Å². The van der Waals surface area contributed by atoms with Crippen LogP contribution in [0.25, 0.3) is 16.8 Å². The first kappa shape index (κ1) is 13.5. The van der Waals surface area contributed by atoms with Crippen LogP contribution < -0.4 is 5.32 Å². The van der Waals surface area contributed by atoms with Crippen molar-refractivity contribution in [1.82, 2.24) is 24.4 Å². The van der Waals surface area contributed by atoms with Gasteiger partial charge in [-0.15, -0.1) is 0 Å². The largest absolute Gasteiger partial charge is 0.379 e. The van der Waals surface area contributed by atoms with Crippen molar-refractivity contribution in [3.8, 4) is 11.1 Å². The average molecular weight is 319 g/mol. The Labute approximate surface area is 131 Å². The molecule has 1 aliphatic heterocycles. The zero-order chi connectivity index (χ0) is 15.1. The fourth-order valence-corrected chi connectivity index (χ4v) is 2.78. The molecule has 0 radical (unpaired) electrons. The standard InChI is InChI=1S/C14H15ClN6O/c1-20-6-9(4-16-20)11-7-21-14(12(15)5-17-21)19-13(11)18-10-2-3-22-8-10/h4-7,10H,2-3,8H2,1H3,(H,18,19)/t10-/m0/s1. The Hall–Kier alpha value is -2.12. The van der Waals surface area contributed by atoms with Gasteiger partial charge in [-0.2, -0.15) is 10.2 Å². The molecule has 1 saturated heterocycles. The van der Waals surface area contributed by atoms with Crippen LogP contribution in [0.2, 0.25) is 5.02 Å². The van der Waals surface area contributed by atoms with E-state index in [2.05, 4.69) is 20.5 Å².